The number of rotatable bonds is 4. The van der Waals surface area contributed by atoms with Crippen LogP contribution in [-0.4, -0.2) is 15.0 Å². The maximum atomic E-state index is 13.4. The summed E-state index contributed by atoms with van der Waals surface area (Å²) in [7, 11) is 0. The molecule has 112 valence electrons. The van der Waals surface area contributed by atoms with Crippen molar-refractivity contribution >= 4 is 0 Å². The zero-order valence-electron chi connectivity index (χ0n) is 11.7. The van der Waals surface area contributed by atoms with E-state index in [9.17, 15) is 8.78 Å². The highest BCUT2D eigenvalue weighted by molar-refractivity contribution is 5.58. The van der Waals surface area contributed by atoms with Gasteiger partial charge in [0.05, 0.1) is 18.4 Å². The quantitative estimate of drug-likeness (QED) is 0.806. The highest BCUT2D eigenvalue weighted by atomic mass is 19.2. The van der Waals surface area contributed by atoms with Crippen LogP contribution in [0.5, 0.6) is 0 Å². The second-order valence-electron chi connectivity index (χ2n) is 4.93. The first-order chi connectivity index (χ1) is 10.7. The Labute approximate surface area is 126 Å². The number of aromatic nitrogens is 3. The molecule has 0 unspecified atom stereocenters. The number of benzene rings is 2. The molecule has 1 aromatic heterocycles. The topological polar surface area (TPSA) is 56.7 Å². The van der Waals surface area contributed by atoms with Gasteiger partial charge in [0.2, 0.25) is 0 Å². The number of hydrogen-bond acceptors (Lipinski definition) is 3. The van der Waals surface area contributed by atoms with Crippen LogP contribution in [0.2, 0.25) is 0 Å². The van der Waals surface area contributed by atoms with E-state index in [0.717, 1.165) is 23.3 Å². The van der Waals surface area contributed by atoms with E-state index in [1.807, 2.05) is 24.3 Å². The van der Waals surface area contributed by atoms with Gasteiger partial charge in [-0.05, 0) is 29.3 Å². The first kappa shape index (κ1) is 14.3. The van der Waals surface area contributed by atoms with Crippen molar-refractivity contribution < 1.29 is 8.78 Å². The van der Waals surface area contributed by atoms with E-state index < -0.39 is 11.6 Å². The van der Waals surface area contributed by atoms with Gasteiger partial charge >= 0.3 is 0 Å². The van der Waals surface area contributed by atoms with E-state index in [1.54, 1.807) is 4.68 Å². The first-order valence-electron chi connectivity index (χ1n) is 6.79. The predicted octanol–water partition coefficient (Wildman–Crippen LogP) is 2.73. The molecule has 3 aromatic rings. The molecule has 0 fully saturated rings. The van der Waals surface area contributed by atoms with Crippen molar-refractivity contribution in [2.24, 2.45) is 5.73 Å². The first-order valence-corrected chi connectivity index (χ1v) is 6.79. The third-order valence-corrected chi connectivity index (χ3v) is 3.42. The largest absolute Gasteiger partial charge is 0.326 e. The van der Waals surface area contributed by atoms with Gasteiger partial charge in [-0.25, -0.2) is 13.5 Å². The normalized spacial score (nSPS) is 10.9. The van der Waals surface area contributed by atoms with Crippen molar-refractivity contribution in [2.75, 3.05) is 0 Å². The van der Waals surface area contributed by atoms with Crippen LogP contribution >= 0.6 is 0 Å². The molecule has 0 aliphatic heterocycles. The Balaban J connectivity index is 1.89. The van der Waals surface area contributed by atoms with Gasteiger partial charge in [0.25, 0.3) is 0 Å². The fourth-order valence-electron chi connectivity index (χ4n) is 2.21. The van der Waals surface area contributed by atoms with Crippen LogP contribution in [0, 0.1) is 11.6 Å². The van der Waals surface area contributed by atoms with Crippen LogP contribution in [0.1, 0.15) is 11.1 Å². The smallest absolute Gasteiger partial charge is 0.159 e. The minimum Gasteiger partial charge on any atom is -0.326 e. The highest BCUT2D eigenvalue weighted by Gasteiger charge is 2.10. The van der Waals surface area contributed by atoms with E-state index in [2.05, 4.69) is 10.3 Å². The number of nitrogens with two attached hydrogens (primary N) is 1. The van der Waals surface area contributed by atoms with Gasteiger partial charge in [0.1, 0.15) is 0 Å². The lowest BCUT2D eigenvalue weighted by molar-refractivity contribution is 0.509. The van der Waals surface area contributed by atoms with E-state index in [-0.39, 0.29) is 0 Å². The average Bonchev–Trinajstić information content (AvgIpc) is 2.99. The highest BCUT2D eigenvalue weighted by Crippen LogP contribution is 2.21. The number of nitrogens with zero attached hydrogens (tertiary/aromatic N) is 3. The summed E-state index contributed by atoms with van der Waals surface area (Å²) in [5.74, 6) is -1.77. The van der Waals surface area contributed by atoms with Gasteiger partial charge in [-0.15, -0.1) is 5.10 Å². The summed E-state index contributed by atoms with van der Waals surface area (Å²) in [5, 5.41) is 7.87. The van der Waals surface area contributed by atoms with Crippen molar-refractivity contribution in [1.82, 2.24) is 15.0 Å². The zero-order chi connectivity index (χ0) is 15.5. The summed E-state index contributed by atoms with van der Waals surface area (Å²) in [6.45, 7) is 0.975. The minimum atomic E-state index is -0.891. The Hall–Kier alpha value is -2.60. The van der Waals surface area contributed by atoms with Crippen LogP contribution < -0.4 is 5.73 Å². The molecule has 0 bridgehead atoms. The second kappa shape index (κ2) is 6.03. The Morgan fingerprint density at radius 1 is 0.955 bits per heavy atom. The lowest BCUT2D eigenvalue weighted by Gasteiger charge is -2.07. The molecule has 0 aliphatic carbocycles. The van der Waals surface area contributed by atoms with Gasteiger partial charge in [0.15, 0.2) is 11.6 Å². The molecule has 22 heavy (non-hydrogen) atoms. The second-order valence-corrected chi connectivity index (χ2v) is 4.93. The van der Waals surface area contributed by atoms with Crippen LogP contribution in [0.4, 0.5) is 8.78 Å². The third kappa shape index (κ3) is 2.87. The Morgan fingerprint density at radius 2 is 1.68 bits per heavy atom. The van der Waals surface area contributed by atoms with E-state index in [0.29, 0.717) is 24.3 Å². The molecular formula is C16H14F2N4. The van der Waals surface area contributed by atoms with Gasteiger partial charge in [-0.2, -0.15) is 0 Å². The van der Waals surface area contributed by atoms with Crippen molar-refractivity contribution in [3.05, 3.63) is 71.4 Å². The summed E-state index contributed by atoms with van der Waals surface area (Å²) < 4.78 is 28.1. The molecule has 2 N–H and O–H groups in total. The summed E-state index contributed by atoms with van der Waals surface area (Å²) in [4.78, 5) is 0. The fourth-order valence-corrected chi connectivity index (χ4v) is 2.21. The van der Waals surface area contributed by atoms with Crippen LogP contribution in [0.15, 0.2) is 48.7 Å². The Morgan fingerprint density at radius 3 is 2.36 bits per heavy atom. The molecule has 6 heteroatoms. The number of halogens is 2. The molecule has 0 saturated heterocycles. The van der Waals surface area contributed by atoms with Crippen molar-refractivity contribution in [1.29, 1.82) is 0 Å². The molecule has 0 atom stereocenters. The molecule has 0 radical (unpaired) electrons. The van der Waals surface area contributed by atoms with Crippen LogP contribution in [0.25, 0.3) is 11.3 Å². The lowest BCUT2D eigenvalue weighted by atomic mass is 10.1. The third-order valence-electron chi connectivity index (χ3n) is 3.42. The van der Waals surface area contributed by atoms with Crippen molar-refractivity contribution in [2.45, 2.75) is 13.1 Å². The number of hydrogen-bond donors (Lipinski definition) is 1. The van der Waals surface area contributed by atoms with Gasteiger partial charge in [-0.1, -0.05) is 29.5 Å². The summed E-state index contributed by atoms with van der Waals surface area (Å²) in [6, 6.07) is 11.6. The molecule has 1 heterocycles. The maximum Gasteiger partial charge on any atom is 0.159 e. The average molecular weight is 300 g/mol. The summed E-state index contributed by atoms with van der Waals surface area (Å²) >= 11 is 0. The van der Waals surface area contributed by atoms with E-state index in [1.165, 1.54) is 12.3 Å². The minimum absolute atomic E-state index is 0.485. The van der Waals surface area contributed by atoms with Crippen LogP contribution in [-0.2, 0) is 13.1 Å². The molecule has 2 aromatic carbocycles. The molecule has 3 rings (SSSR count). The molecular weight excluding hydrogens is 286 g/mol. The fraction of sp³-hybridized carbons (Fsp3) is 0.125. The van der Waals surface area contributed by atoms with E-state index >= 15 is 0 Å². The SMILES string of the molecule is NCc1ccc(Cn2nncc2-c2ccc(F)c(F)c2)cc1. The molecule has 4 nitrogen and oxygen atoms in total. The Bertz CT molecular complexity index is 781. The molecule has 0 amide bonds. The van der Waals surface area contributed by atoms with Crippen molar-refractivity contribution in [3.63, 3.8) is 0 Å². The summed E-state index contributed by atoms with van der Waals surface area (Å²) in [6.07, 6.45) is 1.53. The maximum absolute atomic E-state index is 13.4. The van der Waals surface area contributed by atoms with Crippen LogP contribution in [0.3, 0.4) is 0 Å². The standard InChI is InChI=1S/C16H14F2N4/c17-14-6-5-13(7-15(14)18)16-9-20-21-22(16)10-12-3-1-11(8-19)2-4-12/h1-7,9H,8,10,19H2. The molecule has 0 saturated carbocycles. The predicted molar refractivity (Wildman–Crippen MR) is 78.8 cm³/mol. The summed E-state index contributed by atoms with van der Waals surface area (Å²) in [5.41, 5.74) is 8.79. The zero-order valence-corrected chi connectivity index (χ0v) is 11.7. The van der Waals surface area contributed by atoms with Gasteiger partial charge < -0.3 is 5.73 Å². The molecule has 0 aliphatic rings. The van der Waals surface area contributed by atoms with Gasteiger partial charge in [-0.3, -0.25) is 0 Å². The molecule has 0 spiro atoms. The Kier molecular flexibility index (Phi) is 3.93. The van der Waals surface area contributed by atoms with Gasteiger partial charge in [0, 0.05) is 12.1 Å². The van der Waals surface area contributed by atoms with E-state index in [4.69, 9.17) is 5.73 Å². The van der Waals surface area contributed by atoms with Crippen molar-refractivity contribution in [3.8, 4) is 11.3 Å². The lowest BCUT2D eigenvalue weighted by Crippen LogP contribution is -2.05. The monoisotopic (exact) mass is 300 g/mol.